The van der Waals surface area contributed by atoms with Crippen molar-refractivity contribution in [2.75, 3.05) is 26.8 Å². The topological polar surface area (TPSA) is 84.6 Å². The molecular formula is C8H18N2O3. The van der Waals surface area contributed by atoms with Gasteiger partial charge in [0, 0.05) is 20.1 Å². The van der Waals surface area contributed by atoms with E-state index in [2.05, 4.69) is 5.32 Å². The van der Waals surface area contributed by atoms with Crippen LogP contribution in [-0.2, 0) is 9.53 Å². The number of carbonyl (C=O) groups is 1. The van der Waals surface area contributed by atoms with E-state index in [0.717, 1.165) is 0 Å². The average molecular weight is 190 g/mol. The highest BCUT2D eigenvalue weighted by atomic mass is 16.5. The first kappa shape index (κ1) is 12.3. The number of primary amides is 1. The van der Waals surface area contributed by atoms with E-state index in [1.807, 2.05) is 0 Å². The van der Waals surface area contributed by atoms with Crippen molar-refractivity contribution >= 4 is 5.91 Å². The van der Waals surface area contributed by atoms with E-state index in [1.54, 1.807) is 7.11 Å². The number of ether oxygens (including phenoxy) is 1. The molecule has 78 valence electrons. The third-order valence-electron chi connectivity index (χ3n) is 1.56. The van der Waals surface area contributed by atoms with E-state index >= 15 is 0 Å². The van der Waals surface area contributed by atoms with E-state index in [0.29, 0.717) is 32.5 Å². The summed E-state index contributed by atoms with van der Waals surface area (Å²) in [5, 5.41) is 12.2. The van der Waals surface area contributed by atoms with Crippen LogP contribution >= 0.6 is 0 Å². The molecule has 0 bridgehead atoms. The molecule has 0 aliphatic carbocycles. The van der Waals surface area contributed by atoms with Crippen LogP contribution in [0.15, 0.2) is 0 Å². The van der Waals surface area contributed by atoms with Crippen molar-refractivity contribution in [3.63, 3.8) is 0 Å². The van der Waals surface area contributed by atoms with E-state index in [1.165, 1.54) is 0 Å². The zero-order chi connectivity index (χ0) is 10.1. The Morgan fingerprint density at radius 3 is 2.85 bits per heavy atom. The van der Waals surface area contributed by atoms with Crippen molar-refractivity contribution < 1.29 is 14.6 Å². The van der Waals surface area contributed by atoms with Gasteiger partial charge >= 0.3 is 0 Å². The van der Waals surface area contributed by atoms with E-state index in [-0.39, 0.29) is 5.91 Å². The van der Waals surface area contributed by atoms with Crippen molar-refractivity contribution in [1.82, 2.24) is 5.32 Å². The molecule has 0 heterocycles. The van der Waals surface area contributed by atoms with E-state index in [9.17, 15) is 9.90 Å². The van der Waals surface area contributed by atoms with Gasteiger partial charge in [-0.1, -0.05) is 0 Å². The van der Waals surface area contributed by atoms with Crippen LogP contribution in [0, 0.1) is 0 Å². The molecule has 1 atom stereocenters. The fourth-order valence-electron chi connectivity index (χ4n) is 0.881. The number of amides is 1. The summed E-state index contributed by atoms with van der Waals surface area (Å²) in [7, 11) is 1.55. The summed E-state index contributed by atoms with van der Waals surface area (Å²) < 4.78 is 4.75. The van der Waals surface area contributed by atoms with Gasteiger partial charge in [-0.2, -0.15) is 0 Å². The predicted octanol–water partition coefficient (Wildman–Crippen LogP) is -1.15. The number of aliphatic hydroxyl groups is 1. The van der Waals surface area contributed by atoms with E-state index < -0.39 is 6.10 Å². The first-order valence-electron chi connectivity index (χ1n) is 4.33. The first-order chi connectivity index (χ1) is 6.16. The maximum Gasteiger partial charge on any atom is 0.218 e. The first-order valence-corrected chi connectivity index (χ1v) is 4.33. The fraction of sp³-hybridized carbons (Fsp3) is 0.875. The highest BCUT2D eigenvalue weighted by Crippen LogP contribution is 1.89. The number of carbonyl (C=O) groups excluding carboxylic acids is 1. The summed E-state index contributed by atoms with van der Waals surface area (Å²) in [4.78, 5) is 10.3. The Morgan fingerprint density at radius 1 is 1.62 bits per heavy atom. The molecule has 5 heteroatoms. The van der Waals surface area contributed by atoms with Crippen LogP contribution < -0.4 is 11.1 Å². The maximum absolute atomic E-state index is 10.3. The lowest BCUT2D eigenvalue weighted by atomic mass is 10.2. The second kappa shape index (κ2) is 7.97. The maximum atomic E-state index is 10.3. The van der Waals surface area contributed by atoms with Gasteiger partial charge in [0.05, 0.1) is 12.7 Å². The number of aliphatic hydroxyl groups excluding tert-OH is 1. The highest BCUT2D eigenvalue weighted by Gasteiger charge is 2.01. The second-order valence-electron chi connectivity index (χ2n) is 2.86. The van der Waals surface area contributed by atoms with Gasteiger partial charge in [-0.3, -0.25) is 4.79 Å². The fourth-order valence-corrected chi connectivity index (χ4v) is 0.881. The predicted molar refractivity (Wildman–Crippen MR) is 49.2 cm³/mol. The molecule has 0 saturated carbocycles. The monoisotopic (exact) mass is 190 g/mol. The molecule has 0 radical (unpaired) electrons. The van der Waals surface area contributed by atoms with Crippen LogP contribution in [0.5, 0.6) is 0 Å². The number of nitrogens with two attached hydrogens (primary N) is 1. The van der Waals surface area contributed by atoms with Gasteiger partial charge in [0.25, 0.3) is 0 Å². The Bertz CT molecular complexity index is 141. The SMILES string of the molecule is COCC(O)CCNCCC(N)=O. The summed E-state index contributed by atoms with van der Waals surface area (Å²) in [5.74, 6) is -0.315. The lowest BCUT2D eigenvalue weighted by Crippen LogP contribution is -2.26. The number of nitrogens with one attached hydrogen (secondary N) is 1. The standard InChI is InChI=1S/C8H18N2O3/c1-13-6-7(11)2-4-10-5-3-8(9)12/h7,10-11H,2-6H2,1H3,(H2,9,12). The highest BCUT2D eigenvalue weighted by molar-refractivity contribution is 5.73. The van der Waals surface area contributed by atoms with Crippen molar-refractivity contribution in [2.45, 2.75) is 18.9 Å². The molecule has 0 spiro atoms. The van der Waals surface area contributed by atoms with Gasteiger partial charge in [-0.05, 0) is 13.0 Å². The molecule has 0 rings (SSSR count). The van der Waals surface area contributed by atoms with Gasteiger partial charge in [0.1, 0.15) is 0 Å². The van der Waals surface area contributed by atoms with Gasteiger partial charge in [0.15, 0.2) is 0 Å². The Labute approximate surface area is 78.3 Å². The summed E-state index contributed by atoms with van der Waals surface area (Å²) in [6.07, 6.45) is 0.513. The average Bonchev–Trinajstić information content (AvgIpc) is 2.03. The molecule has 5 nitrogen and oxygen atoms in total. The summed E-state index contributed by atoms with van der Waals surface area (Å²) in [5.41, 5.74) is 4.93. The van der Waals surface area contributed by atoms with Crippen LogP contribution in [0.25, 0.3) is 0 Å². The molecule has 4 N–H and O–H groups in total. The molecule has 1 amide bonds. The summed E-state index contributed by atoms with van der Waals surface area (Å²) in [6.45, 7) is 1.57. The summed E-state index contributed by atoms with van der Waals surface area (Å²) >= 11 is 0. The molecule has 1 unspecified atom stereocenters. The van der Waals surface area contributed by atoms with Crippen molar-refractivity contribution in [2.24, 2.45) is 5.73 Å². The molecule has 0 saturated heterocycles. The summed E-state index contributed by atoms with van der Waals surface area (Å²) in [6, 6.07) is 0. The number of hydrogen-bond acceptors (Lipinski definition) is 4. The van der Waals surface area contributed by atoms with Crippen molar-refractivity contribution in [1.29, 1.82) is 0 Å². The second-order valence-corrected chi connectivity index (χ2v) is 2.86. The lowest BCUT2D eigenvalue weighted by Gasteiger charge is -2.09. The van der Waals surface area contributed by atoms with Crippen LogP contribution in [0.2, 0.25) is 0 Å². The van der Waals surface area contributed by atoms with Crippen LogP contribution in [0.3, 0.4) is 0 Å². The molecular weight excluding hydrogens is 172 g/mol. The lowest BCUT2D eigenvalue weighted by molar-refractivity contribution is -0.117. The van der Waals surface area contributed by atoms with Crippen LogP contribution in [-0.4, -0.2) is 43.9 Å². The minimum atomic E-state index is -0.439. The van der Waals surface area contributed by atoms with Crippen LogP contribution in [0.1, 0.15) is 12.8 Å². The molecule has 13 heavy (non-hydrogen) atoms. The number of rotatable bonds is 8. The quantitative estimate of drug-likeness (QED) is 0.422. The zero-order valence-electron chi connectivity index (χ0n) is 7.95. The smallest absolute Gasteiger partial charge is 0.218 e. The Kier molecular flexibility index (Phi) is 7.57. The van der Waals surface area contributed by atoms with E-state index in [4.69, 9.17) is 10.5 Å². The minimum Gasteiger partial charge on any atom is -0.391 e. The molecule has 0 aromatic carbocycles. The molecule has 0 fully saturated rings. The molecule has 0 aliphatic heterocycles. The third-order valence-corrected chi connectivity index (χ3v) is 1.56. The Balaban J connectivity index is 3.11. The molecule has 0 aliphatic rings. The number of methoxy groups -OCH3 is 1. The number of hydrogen-bond donors (Lipinski definition) is 3. The largest absolute Gasteiger partial charge is 0.391 e. The van der Waals surface area contributed by atoms with Gasteiger partial charge in [-0.25, -0.2) is 0 Å². The normalized spacial score (nSPS) is 12.8. The van der Waals surface area contributed by atoms with Gasteiger partial charge in [0.2, 0.25) is 5.91 Å². The van der Waals surface area contributed by atoms with Crippen molar-refractivity contribution in [3.8, 4) is 0 Å². The minimum absolute atomic E-state index is 0.315. The zero-order valence-corrected chi connectivity index (χ0v) is 7.95. The molecule has 0 aromatic rings. The third kappa shape index (κ3) is 9.26. The van der Waals surface area contributed by atoms with Crippen molar-refractivity contribution in [3.05, 3.63) is 0 Å². The van der Waals surface area contributed by atoms with Gasteiger partial charge < -0.3 is 20.9 Å². The van der Waals surface area contributed by atoms with Crippen LogP contribution in [0.4, 0.5) is 0 Å². The molecule has 0 aromatic heterocycles. The Morgan fingerprint density at radius 2 is 2.31 bits per heavy atom. The Hall–Kier alpha value is -0.650. The van der Waals surface area contributed by atoms with Gasteiger partial charge in [-0.15, -0.1) is 0 Å².